The first-order chi connectivity index (χ1) is 24.0. The van der Waals surface area contributed by atoms with Crippen molar-refractivity contribution in [1.82, 2.24) is 14.8 Å². The number of rotatable bonds is 11. The molecule has 2 heterocycles. The van der Waals surface area contributed by atoms with Crippen LogP contribution in [0.1, 0.15) is 56.0 Å². The topological polar surface area (TPSA) is 99.5 Å². The van der Waals surface area contributed by atoms with Crippen LogP contribution in [0.5, 0.6) is 17.2 Å². The molecule has 258 valence electrons. The zero-order valence-electron chi connectivity index (χ0n) is 28.9. The molecule has 0 spiro atoms. The van der Waals surface area contributed by atoms with Crippen molar-refractivity contribution in [1.29, 1.82) is 0 Å². The first kappa shape index (κ1) is 34.9. The second-order valence-corrected chi connectivity index (χ2v) is 14.3. The maximum absolute atomic E-state index is 14.2. The summed E-state index contributed by atoms with van der Waals surface area (Å²) in [6.07, 6.45) is 0. The maximum atomic E-state index is 14.2. The molecule has 1 amide bonds. The Bertz CT molecular complexity index is 2040. The fraction of sp³-hybridized carbons (Fsp3) is 0.256. The third-order valence-electron chi connectivity index (χ3n) is 8.47. The molecule has 6 rings (SSSR count). The van der Waals surface area contributed by atoms with Crippen molar-refractivity contribution in [3.05, 3.63) is 130 Å². The third kappa shape index (κ3) is 7.61. The summed E-state index contributed by atoms with van der Waals surface area (Å²) in [4.78, 5) is 18.9. The van der Waals surface area contributed by atoms with E-state index >= 15 is 0 Å². The zero-order valence-corrected chi connectivity index (χ0v) is 30.5. The van der Waals surface area contributed by atoms with E-state index in [9.17, 15) is 4.79 Å². The average molecular weight is 710 g/mol. The first-order valence-electron chi connectivity index (χ1n) is 16.2. The molecule has 11 heteroatoms. The quantitative estimate of drug-likeness (QED) is 0.131. The molecule has 50 heavy (non-hydrogen) atoms. The van der Waals surface area contributed by atoms with Gasteiger partial charge in [0.05, 0.1) is 25.5 Å². The van der Waals surface area contributed by atoms with Gasteiger partial charge in [-0.1, -0.05) is 105 Å². The largest absolute Gasteiger partial charge is 0.495 e. The number of carbonyl (C=O) groups excluding carboxylic acids is 1. The summed E-state index contributed by atoms with van der Waals surface area (Å²) in [5, 5.41) is 12.5. The van der Waals surface area contributed by atoms with Crippen LogP contribution >= 0.6 is 23.4 Å². The van der Waals surface area contributed by atoms with E-state index < -0.39 is 6.04 Å². The van der Waals surface area contributed by atoms with E-state index in [4.69, 9.17) is 35.9 Å². The second-order valence-electron chi connectivity index (χ2n) is 12.9. The highest BCUT2D eigenvalue weighted by molar-refractivity contribution is 7.98. The lowest BCUT2D eigenvalue weighted by Crippen LogP contribution is -2.31. The number of hydrogen-bond donors (Lipinski definition) is 2. The summed E-state index contributed by atoms with van der Waals surface area (Å²) in [6, 6.07) is 28.5. The van der Waals surface area contributed by atoms with Crippen LogP contribution in [0.25, 0.3) is 0 Å². The van der Waals surface area contributed by atoms with Gasteiger partial charge in [0.25, 0.3) is 5.91 Å². The van der Waals surface area contributed by atoms with E-state index in [2.05, 4.69) is 55.7 Å². The molecule has 1 aliphatic rings. The number of ether oxygens (including phenoxy) is 3. The third-order valence-corrected chi connectivity index (χ3v) is 9.72. The zero-order chi connectivity index (χ0) is 35.4. The summed E-state index contributed by atoms with van der Waals surface area (Å²) < 4.78 is 19.3. The Hall–Kier alpha value is -4.93. The molecule has 0 radical (unpaired) electrons. The molecule has 0 bridgehead atoms. The monoisotopic (exact) mass is 709 g/mol. The van der Waals surface area contributed by atoms with Crippen LogP contribution < -0.4 is 24.8 Å². The smallest absolute Gasteiger partial charge is 0.255 e. The van der Waals surface area contributed by atoms with Crippen LogP contribution in [-0.4, -0.2) is 34.9 Å². The molecule has 0 aliphatic carbocycles. The maximum Gasteiger partial charge on any atom is 0.255 e. The molecular formula is C39H40ClN5O4S. The molecule has 1 aromatic heterocycles. The second kappa shape index (κ2) is 14.9. The summed E-state index contributed by atoms with van der Waals surface area (Å²) in [6.45, 7) is 8.82. The molecule has 0 saturated carbocycles. The number of anilines is 2. The Morgan fingerprint density at radius 1 is 0.940 bits per heavy atom. The number of benzene rings is 4. The Labute approximate surface area is 302 Å². The van der Waals surface area contributed by atoms with Gasteiger partial charge in [-0.2, -0.15) is 4.98 Å². The molecule has 1 aliphatic heterocycles. The number of nitrogens with zero attached hydrogens (tertiary/aromatic N) is 3. The Balaban J connectivity index is 1.33. The van der Waals surface area contributed by atoms with Crippen LogP contribution in [0.2, 0.25) is 5.02 Å². The van der Waals surface area contributed by atoms with Gasteiger partial charge >= 0.3 is 0 Å². The highest BCUT2D eigenvalue weighted by Crippen LogP contribution is 2.41. The van der Waals surface area contributed by atoms with E-state index in [0.29, 0.717) is 62.7 Å². The Morgan fingerprint density at radius 2 is 1.66 bits per heavy atom. The number of methoxy groups -OCH3 is 2. The predicted octanol–water partition coefficient (Wildman–Crippen LogP) is 9.05. The van der Waals surface area contributed by atoms with E-state index in [0.717, 1.165) is 16.7 Å². The lowest BCUT2D eigenvalue weighted by molar-refractivity contribution is -0.113. The number of halogens is 1. The number of carbonyl (C=O) groups is 1. The van der Waals surface area contributed by atoms with Gasteiger partial charge in [-0.05, 0) is 64.9 Å². The Kier molecular flexibility index (Phi) is 10.4. The van der Waals surface area contributed by atoms with Gasteiger partial charge in [-0.3, -0.25) is 4.79 Å². The minimum absolute atomic E-state index is 0.0713. The lowest BCUT2D eigenvalue weighted by atomic mass is 9.87. The number of hydrogen-bond acceptors (Lipinski definition) is 8. The molecule has 9 nitrogen and oxygen atoms in total. The van der Waals surface area contributed by atoms with Gasteiger partial charge in [0.1, 0.15) is 18.4 Å². The molecule has 0 fully saturated rings. The van der Waals surface area contributed by atoms with Crippen molar-refractivity contribution in [3.8, 4) is 17.2 Å². The normalized spacial score (nSPS) is 14.1. The van der Waals surface area contributed by atoms with Crippen molar-refractivity contribution in [3.63, 3.8) is 0 Å². The van der Waals surface area contributed by atoms with Gasteiger partial charge < -0.3 is 24.8 Å². The van der Waals surface area contributed by atoms with Crippen LogP contribution in [0, 0.1) is 0 Å². The number of fused-ring (bicyclic) bond motifs is 1. The molecule has 2 N–H and O–H groups in total. The van der Waals surface area contributed by atoms with Crippen LogP contribution in [0.15, 0.2) is 107 Å². The predicted molar refractivity (Wildman–Crippen MR) is 200 cm³/mol. The summed E-state index contributed by atoms with van der Waals surface area (Å²) >= 11 is 7.89. The highest BCUT2D eigenvalue weighted by atomic mass is 35.5. The van der Waals surface area contributed by atoms with E-state index in [1.807, 2.05) is 61.5 Å². The van der Waals surface area contributed by atoms with E-state index in [1.54, 1.807) is 31.0 Å². The number of amides is 1. The fourth-order valence-electron chi connectivity index (χ4n) is 5.73. The van der Waals surface area contributed by atoms with Crippen LogP contribution in [-0.2, 0) is 22.6 Å². The fourth-order valence-corrected chi connectivity index (χ4v) is 6.84. The lowest BCUT2D eigenvalue weighted by Gasteiger charge is -2.29. The number of thioether (sulfide) groups is 1. The average Bonchev–Trinajstić information content (AvgIpc) is 3.52. The first-order valence-corrected chi connectivity index (χ1v) is 17.6. The van der Waals surface area contributed by atoms with E-state index in [-0.39, 0.29) is 11.3 Å². The number of aromatic nitrogens is 3. The van der Waals surface area contributed by atoms with Gasteiger partial charge in [0.2, 0.25) is 11.1 Å². The molecular weight excluding hydrogens is 670 g/mol. The van der Waals surface area contributed by atoms with Crippen molar-refractivity contribution >= 4 is 40.9 Å². The van der Waals surface area contributed by atoms with Gasteiger partial charge in [-0.25, -0.2) is 4.68 Å². The molecule has 5 aromatic rings. The van der Waals surface area contributed by atoms with Crippen molar-refractivity contribution in [2.24, 2.45) is 0 Å². The Morgan fingerprint density at radius 3 is 2.38 bits per heavy atom. The SMILES string of the molecule is COc1ccccc1NC(=O)C1=C(C)Nc2nc(SCc3ccccc3Cl)nn2C1c1ccc(OCc2ccc(C(C)(C)C)cc2)c(OC)c1. The summed E-state index contributed by atoms with van der Waals surface area (Å²) in [7, 11) is 3.17. The molecule has 0 saturated heterocycles. The van der Waals surface area contributed by atoms with Crippen LogP contribution in [0.3, 0.4) is 0 Å². The van der Waals surface area contributed by atoms with Crippen molar-refractivity contribution in [2.75, 3.05) is 24.9 Å². The standard InChI is InChI=1S/C39H40ClN5O4S/c1-24-34(36(46)42-30-13-9-10-14-31(30)47-5)35(45-37(41-24)43-38(44-45)50-23-27-11-7-8-12-29(27)40)26-17-20-32(33(21-26)48-6)49-22-25-15-18-28(19-16-25)39(2,3)4/h7-21,35H,22-23H2,1-6H3,(H,42,46)(H,41,43,44). The number of para-hydroxylation sites is 2. The highest BCUT2D eigenvalue weighted by Gasteiger charge is 2.35. The molecule has 1 unspecified atom stereocenters. The van der Waals surface area contributed by atoms with Gasteiger partial charge in [-0.15, -0.1) is 5.10 Å². The summed E-state index contributed by atoms with van der Waals surface area (Å²) in [5.41, 5.74) is 5.78. The molecule has 1 atom stereocenters. The number of allylic oxidation sites excluding steroid dienone is 1. The minimum Gasteiger partial charge on any atom is -0.495 e. The van der Waals surface area contributed by atoms with Crippen molar-refractivity contribution in [2.45, 2.75) is 56.7 Å². The molecule has 4 aromatic carbocycles. The van der Waals surface area contributed by atoms with Crippen LogP contribution in [0.4, 0.5) is 11.6 Å². The van der Waals surface area contributed by atoms with E-state index in [1.165, 1.54) is 17.3 Å². The van der Waals surface area contributed by atoms with Crippen molar-refractivity contribution < 1.29 is 19.0 Å². The van der Waals surface area contributed by atoms with Gasteiger partial charge in [0, 0.05) is 16.5 Å². The summed E-state index contributed by atoms with van der Waals surface area (Å²) in [5.74, 6) is 2.45. The van der Waals surface area contributed by atoms with Gasteiger partial charge in [0.15, 0.2) is 11.5 Å². The number of nitrogens with one attached hydrogen (secondary N) is 2. The minimum atomic E-state index is -0.643.